The van der Waals surface area contributed by atoms with E-state index in [1.165, 1.54) is 29.4 Å². The van der Waals surface area contributed by atoms with Crippen LogP contribution < -0.4 is 14.4 Å². The molecule has 1 amide bonds. The maximum absolute atomic E-state index is 14.2. The zero-order valence-electron chi connectivity index (χ0n) is 22.5. The second-order valence-corrected chi connectivity index (χ2v) is 10.3. The second-order valence-electron chi connectivity index (χ2n) is 9.30. The van der Waals surface area contributed by atoms with E-state index >= 15 is 0 Å². The lowest BCUT2D eigenvalue weighted by Crippen LogP contribution is -2.31. The summed E-state index contributed by atoms with van der Waals surface area (Å²) in [5.41, 5.74) is 2.69. The van der Waals surface area contributed by atoms with Crippen LogP contribution in [0.1, 0.15) is 39.5 Å². The van der Waals surface area contributed by atoms with E-state index in [0.717, 1.165) is 11.1 Å². The van der Waals surface area contributed by atoms with E-state index in [4.69, 9.17) is 9.47 Å². The highest BCUT2D eigenvalue weighted by Crippen LogP contribution is 2.47. The van der Waals surface area contributed by atoms with Gasteiger partial charge in [-0.2, -0.15) is 0 Å². The highest BCUT2D eigenvalue weighted by Gasteiger charge is 2.46. The number of hydrogen-bond acceptors (Lipinski definition) is 8. The lowest BCUT2D eigenvalue weighted by Gasteiger charge is -2.28. The topological polar surface area (TPSA) is 109 Å². The number of ether oxygens (including phenoxy) is 2. The molecule has 8 nitrogen and oxygen atoms in total. The number of carbonyl (C=O) groups is 2. The predicted molar refractivity (Wildman–Crippen MR) is 154 cm³/mol. The van der Waals surface area contributed by atoms with Gasteiger partial charge in [-0.15, -0.1) is 11.3 Å². The number of aromatic hydroxyl groups is 1. The largest absolute Gasteiger partial charge is 0.506 e. The fraction of sp³-hybridized carbons (Fsp3) is 0.194. The number of carbonyl (C=O) groups excluding carboxylic acids is 2. The van der Waals surface area contributed by atoms with E-state index in [2.05, 4.69) is 4.98 Å². The second kappa shape index (κ2) is 10.9. The summed E-state index contributed by atoms with van der Waals surface area (Å²) in [6.45, 7) is 5.75. The number of aliphatic hydroxyl groups is 1. The van der Waals surface area contributed by atoms with Crippen LogP contribution in [0.2, 0.25) is 0 Å². The number of methoxy groups -OCH3 is 1. The Kier molecular flexibility index (Phi) is 7.32. The normalized spacial score (nSPS) is 15.1. The average molecular weight is 557 g/mol. The standard InChI is InChI=1S/C31H28N2O6S/c1-5-39-24-16-20(12-14-23(24)38-4)26-25(28(36)31(37)33(26)21-15-17(2)11-13-22(21)34)27(35)29-18(3)32-30(40-29)19-9-7-6-8-10-19/h6-16,26,34,36H,5H2,1-4H3. The van der Waals surface area contributed by atoms with Crippen molar-refractivity contribution in [2.24, 2.45) is 0 Å². The molecular formula is C31H28N2O6S. The Morgan fingerprint density at radius 1 is 1.02 bits per heavy atom. The maximum Gasteiger partial charge on any atom is 0.294 e. The van der Waals surface area contributed by atoms with Crippen LogP contribution in [-0.2, 0) is 4.79 Å². The fourth-order valence-corrected chi connectivity index (χ4v) is 5.82. The van der Waals surface area contributed by atoms with Crippen molar-refractivity contribution in [2.45, 2.75) is 26.8 Å². The number of Topliss-reactive ketones (excluding diaryl/α,β-unsaturated/α-hetero) is 1. The van der Waals surface area contributed by atoms with E-state index in [-0.39, 0.29) is 17.0 Å². The van der Waals surface area contributed by atoms with E-state index in [1.807, 2.05) is 44.2 Å². The van der Waals surface area contributed by atoms with Crippen molar-refractivity contribution >= 4 is 28.7 Å². The Morgan fingerprint density at radius 3 is 2.48 bits per heavy atom. The third-order valence-electron chi connectivity index (χ3n) is 6.67. The number of phenols is 1. The van der Waals surface area contributed by atoms with E-state index in [0.29, 0.717) is 39.2 Å². The summed E-state index contributed by atoms with van der Waals surface area (Å²) in [7, 11) is 1.52. The molecule has 0 saturated carbocycles. The van der Waals surface area contributed by atoms with Crippen molar-refractivity contribution in [3.05, 3.63) is 99.8 Å². The molecular weight excluding hydrogens is 528 g/mol. The Labute approximate surface area is 235 Å². The molecule has 9 heteroatoms. The molecule has 1 aromatic heterocycles. The Bertz CT molecular complexity index is 1640. The average Bonchev–Trinajstić information content (AvgIpc) is 3.47. The summed E-state index contributed by atoms with van der Waals surface area (Å²) >= 11 is 1.20. The molecule has 0 saturated heterocycles. The van der Waals surface area contributed by atoms with Crippen LogP contribution >= 0.6 is 11.3 Å². The zero-order chi connectivity index (χ0) is 28.6. The highest BCUT2D eigenvalue weighted by atomic mass is 32.1. The van der Waals surface area contributed by atoms with Gasteiger partial charge in [-0.1, -0.05) is 42.5 Å². The summed E-state index contributed by atoms with van der Waals surface area (Å²) in [5.74, 6) is -1.26. The molecule has 0 radical (unpaired) electrons. The van der Waals surface area contributed by atoms with Crippen LogP contribution in [0.5, 0.6) is 17.2 Å². The van der Waals surface area contributed by atoms with Gasteiger partial charge >= 0.3 is 0 Å². The van der Waals surface area contributed by atoms with E-state index < -0.39 is 23.5 Å². The first-order chi connectivity index (χ1) is 19.2. The summed E-state index contributed by atoms with van der Waals surface area (Å²) < 4.78 is 11.2. The molecule has 0 aliphatic carbocycles. The van der Waals surface area contributed by atoms with Crippen LogP contribution in [0.4, 0.5) is 5.69 Å². The minimum absolute atomic E-state index is 0.107. The fourth-order valence-electron chi connectivity index (χ4n) is 4.79. The molecule has 1 aliphatic rings. The van der Waals surface area contributed by atoms with Gasteiger partial charge in [0.25, 0.3) is 5.91 Å². The van der Waals surface area contributed by atoms with Gasteiger partial charge in [0.1, 0.15) is 10.8 Å². The smallest absolute Gasteiger partial charge is 0.294 e. The van der Waals surface area contributed by atoms with Crippen molar-refractivity contribution in [2.75, 3.05) is 18.6 Å². The third kappa shape index (κ3) is 4.69. The molecule has 0 bridgehead atoms. The quantitative estimate of drug-likeness (QED) is 0.244. The number of phenolic OH excluding ortho intramolecular Hbond substituents is 1. The molecule has 1 unspecified atom stereocenters. The van der Waals surface area contributed by atoms with Gasteiger partial charge in [-0.25, -0.2) is 4.98 Å². The third-order valence-corrected chi connectivity index (χ3v) is 7.88. The summed E-state index contributed by atoms with van der Waals surface area (Å²) in [5, 5.41) is 22.6. The summed E-state index contributed by atoms with van der Waals surface area (Å²) in [6.07, 6.45) is 0. The molecule has 40 heavy (non-hydrogen) atoms. The van der Waals surface area contributed by atoms with Crippen LogP contribution in [0.25, 0.3) is 10.6 Å². The molecule has 2 heterocycles. The van der Waals surface area contributed by atoms with Gasteiger partial charge in [0.2, 0.25) is 5.78 Å². The number of aliphatic hydroxyl groups excluding tert-OH is 1. The monoisotopic (exact) mass is 556 g/mol. The molecule has 3 aromatic carbocycles. The first-order valence-electron chi connectivity index (χ1n) is 12.7. The Morgan fingerprint density at radius 2 is 1.77 bits per heavy atom. The number of aryl methyl sites for hydroxylation is 2. The number of thiazole rings is 1. The summed E-state index contributed by atoms with van der Waals surface area (Å²) in [4.78, 5) is 34.0. The van der Waals surface area contributed by atoms with Gasteiger partial charge in [0.15, 0.2) is 17.3 Å². The number of amides is 1. The maximum atomic E-state index is 14.2. The number of nitrogens with zero attached hydrogens (tertiary/aromatic N) is 2. The van der Waals surface area contributed by atoms with Gasteiger partial charge in [0, 0.05) is 5.56 Å². The van der Waals surface area contributed by atoms with Crippen LogP contribution in [0.3, 0.4) is 0 Å². The zero-order valence-corrected chi connectivity index (χ0v) is 23.3. The van der Waals surface area contributed by atoms with Crippen molar-refractivity contribution < 1.29 is 29.3 Å². The molecule has 2 N–H and O–H groups in total. The van der Waals surface area contributed by atoms with Crippen LogP contribution in [-0.4, -0.2) is 40.6 Å². The number of hydrogen-bond donors (Lipinski definition) is 2. The molecule has 0 spiro atoms. The number of rotatable bonds is 8. The number of anilines is 1. The lowest BCUT2D eigenvalue weighted by atomic mass is 9.94. The molecule has 5 rings (SSSR count). The van der Waals surface area contributed by atoms with Gasteiger partial charge in [0.05, 0.1) is 41.6 Å². The first kappa shape index (κ1) is 27.0. The van der Waals surface area contributed by atoms with Crippen molar-refractivity contribution in [3.63, 3.8) is 0 Å². The summed E-state index contributed by atoms with van der Waals surface area (Å²) in [6, 6.07) is 18.3. The molecule has 1 aliphatic heterocycles. The van der Waals surface area contributed by atoms with Crippen molar-refractivity contribution in [1.82, 2.24) is 4.98 Å². The predicted octanol–water partition coefficient (Wildman–Crippen LogP) is 6.32. The Balaban J connectivity index is 1.68. The van der Waals surface area contributed by atoms with E-state index in [1.54, 1.807) is 37.3 Å². The minimum Gasteiger partial charge on any atom is -0.506 e. The Hall–Kier alpha value is -4.63. The minimum atomic E-state index is -1.06. The SMILES string of the molecule is CCOc1cc(C2C(C(=O)c3sc(-c4ccccc4)nc3C)=C(O)C(=O)N2c2cc(C)ccc2O)ccc1OC. The van der Waals surface area contributed by atoms with Gasteiger partial charge < -0.3 is 19.7 Å². The highest BCUT2D eigenvalue weighted by molar-refractivity contribution is 7.17. The van der Waals surface area contributed by atoms with Crippen LogP contribution in [0.15, 0.2) is 78.1 Å². The van der Waals surface area contributed by atoms with Crippen molar-refractivity contribution in [1.29, 1.82) is 0 Å². The molecule has 204 valence electrons. The van der Waals surface area contributed by atoms with E-state index in [9.17, 15) is 19.8 Å². The van der Waals surface area contributed by atoms with Crippen LogP contribution in [0, 0.1) is 13.8 Å². The lowest BCUT2D eigenvalue weighted by molar-refractivity contribution is -0.117. The van der Waals surface area contributed by atoms with Crippen molar-refractivity contribution in [3.8, 4) is 27.8 Å². The molecule has 0 fully saturated rings. The number of ketones is 1. The first-order valence-corrected chi connectivity index (χ1v) is 13.5. The number of aromatic nitrogens is 1. The molecule has 1 atom stereocenters. The number of benzene rings is 3. The van der Waals surface area contributed by atoms with Gasteiger partial charge in [-0.3, -0.25) is 14.5 Å². The van der Waals surface area contributed by atoms with Gasteiger partial charge in [-0.05, 0) is 56.2 Å². The molecule has 4 aromatic rings.